The van der Waals surface area contributed by atoms with Crippen molar-refractivity contribution in [2.75, 3.05) is 13.1 Å². The van der Waals surface area contributed by atoms with Crippen LogP contribution in [0.3, 0.4) is 0 Å². The first-order valence-electron chi connectivity index (χ1n) is 5.29. The van der Waals surface area contributed by atoms with E-state index in [9.17, 15) is 0 Å². The van der Waals surface area contributed by atoms with Crippen molar-refractivity contribution in [3.05, 3.63) is 35.4 Å². The Balaban J connectivity index is 2.18. The van der Waals surface area contributed by atoms with E-state index in [0.717, 1.165) is 26.1 Å². The van der Waals surface area contributed by atoms with Gasteiger partial charge in [0.1, 0.15) is 0 Å². The Morgan fingerprint density at radius 3 is 2.86 bits per heavy atom. The summed E-state index contributed by atoms with van der Waals surface area (Å²) in [6.07, 6.45) is 2.28. The van der Waals surface area contributed by atoms with Gasteiger partial charge in [0.25, 0.3) is 0 Å². The molecule has 0 atom stereocenters. The number of unbranched alkanes of at least 4 members (excludes halogenated alkanes) is 1. The molecule has 0 heterocycles. The Kier molecular flexibility index (Phi) is 5.27. The zero-order chi connectivity index (χ0) is 10.2. The number of rotatable bonds is 6. The van der Waals surface area contributed by atoms with Crippen LogP contribution in [0.2, 0.25) is 0 Å². The Labute approximate surface area is 86.5 Å². The van der Waals surface area contributed by atoms with Crippen LogP contribution in [-0.4, -0.2) is 13.1 Å². The number of hydrogen-bond acceptors (Lipinski definition) is 2. The van der Waals surface area contributed by atoms with Crippen molar-refractivity contribution in [1.29, 1.82) is 0 Å². The van der Waals surface area contributed by atoms with Crippen molar-refractivity contribution in [2.24, 2.45) is 5.73 Å². The molecule has 0 aliphatic heterocycles. The minimum Gasteiger partial charge on any atom is -0.330 e. The average Bonchev–Trinajstić information content (AvgIpc) is 2.18. The zero-order valence-electron chi connectivity index (χ0n) is 8.92. The molecule has 0 radical (unpaired) electrons. The number of hydrogen-bond donors (Lipinski definition) is 2. The summed E-state index contributed by atoms with van der Waals surface area (Å²) in [5.41, 5.74) is 8.10. The fraction of sp³-hybridized carbons (Fsp3) is 0.500. The highest BCUT2D eigenvalue weighted by Crippen LogP contribution is 2.03. The topological polar surface area (TPSA) is 38.0 Å². The van der Waals surface area contributed by atoms with Gasteiger partial charge in [0.2, 0.25) is 0 Å². The van der Waals surface area contributed by atoms with E-state index in [1.807, 2.05) is 0 Å². The number of nitrogens with one attached hydrogen (secondary N) is 1. The van der Waals surface area contributed by atoms with E-state index < -0.39 is 0 Å². The molecule has 0 saturated carbocycles. The van der Waals surface area contributed by atoms with E-state index in [2.05, 4.69) is 36.5 Å². The molecule has 2 heteroatoms. The lowest BCUT2D eigenvalue weighted by atomic mass is 10.1. The smallest absolute Gasteiger partial charge is 0.0205 e. The molecular formula is C12H20N2. The van der Waals surface area contributed by atoms with Gasteiger partial charge >= 0.3 is 0 Å². The lowest BCUT2D eigenvalue weighted by Crippen LogP contribution is -2.15. The van der Waals surface area contributed by atoms with Crippen molar-refractivity contribution < 1.29 is 0 Å². The van der Waals surface area contributed by atoms with Crippen LogP contribution < -0.4 is 11.1 Å². The van der Waals surface area contributed by atoms with E-state index >= 15 is 0 Å². The lowest BCUT2D eigenvalue weighted by molar-refractivity contribution is 0.627. The predicted molar refractivity (Wildman–Crippen MR) is 61.2 cm³/mol. The lowest BCUT2D eigenvalue weighted by Gasteiger charge is -2.04. The third-order valence-electron chi connectivity index (χ3n) is 2.22. The maximum Gasteiger partial charge on any atom is 0.0205 e. The van der Waals surface area contributed by atoms with Gasteiger partial charge in [0, 0.05) is 6.54 Å². The minimum absolute atomic E-state index is 0.798. The number of aryl methyl sites for hydroxylation is 1. The van der Waals surface area contributed by atoms with Crippen LogP contribution in [-0.2, 0) is 6.54 Å². The monoisotopic (exact) mass is 192 g/mol. The maximum atomic E-state index is 5.41. The van der Waals surface area contributed by atoms with Crippen LogP contribution in [0.15, 0.2) is 24.3 Å². The summed E-state index contributed by atoms with van der Waals surface area (Å²) < 4.78 is 0. The van der Waals surface area contributed by atoms with Gasteiger partial charge in [-0.25, -0.2) is 0 Å². The molecule has 1 aromatic rings. The number of nitrogens with two attached hydrogens (primary N) is 1. The highest BCUT2D eigenvalue weighted by atomic mass is 14.8. The van der Waals surface area contributed by atoms with Gasteiger partial charge in [0.05, 0.1) is 0 Å². The van der Waals surface area contributed by atoms with Gasteiger partial charge in [0.15, 0.2) is 0 Å². The van der Waals surface area contributed by atoms with E-state index in [4.69, 9.17) is 5.73 Å². The number of benzene rings is 1. The first kappa shape index (κ1) is 11.2. The zero-order valence-corrected chi connectivity index (χ0v) is 8.92. The molecule has 14 heavy (non-hydrogen) atoms. The van der Waals surface area contributed by atoms with Crippen molar-refractivity contribution in [3.8, 4) is 0 Å². The molecule has 0 spiro atoms. The summed E-state index contributed by atoms with van der Waals surface area (Å²) >= 11 is 0. The molecule has 0 fully saturated rings. The molecule has 0 amide bonds. The standard InChI is InChI=1S/C12H20N2/c1-11-5-4-6-12(9-11)10-14-8-3-2-7-13/h4-6,9,14H,2-3,7-8,10,13H2,1H3. The summed E-state index contributed by atoms with van der Waals surface area (Å²) in [7, 11) is 0. The quantitative estimate of drug-likeness (QED) is 0.675. The third-order valence-corrected chi connectivity index (χ3v) is 2.22. The molecule has 1 aromatic carbocycles. The average molecular weight is 192 g/mol. The molecule has 0 bridgehead atoms. The van der Waals surface area contributed by atoms with E-state index in [1.54, 1.807) is 0 Å². The van der Waals surface area contributed by atoms with Crippen LogP contribution in [0.1, 0.15) is 24.0 Å². The normalized spacial score (nSPS) is 10.4. The fourth-order valence-electron chi connectivity index (χ4n) is 1.45. The van der Waals surface area contributed by atoms with Crippen LogP contribution >= 0.6 is 0 Å². The van der Waals surface area contributed by atoms with E-state index in [-0.39, 0.29) is 0 Å². The summed E-state index contributed by atoms with van der Waals surface area (Å²) in [6.45, 7) is 4.95. The predicted octanol–water partition coefficient (Wildman–Crippen LogP) is 1.82. The second-order valence-corrected chi connectivity index (χ2v) is 3.66. The minimum atomic E-state index is 0.798. The van der Waals surface area contributed by atoms with E-state index in [0.29, 0.717) is 0 Å². The third kappa shape index (κ3) is 4.40. The summed E-state index contributed by atoms with van der Waals surface area (Å²) in [5, 5.41) is 3.41. The highest BCUT2D eigenvalue weighted by molar-refractivity contribution is 5.21. The summed E-state index contributed by atoms with van der Waals surface area (Å²) in [6, 6.07) is 8.60. The molecule has 0 aliphatic rings. The van der Waals surface area contributed by atoms with Gasteiger partial charge in [-0.15, -0.1) is 0 Å². The van der Waals surface area contributed by atoms with Crippen molar-refractivity contribution in [2.45, 2.75) is 26.3 Å². The molecule has 0 unspecified atom stereocenters. The Morgan fingerprint density at radius 2 is 2.14 bits per heavy atom. The van der Waals surface area contributed by atoms with Crippen molar-refractivity contribution >= 4 is 0 Å². The summed E-state index contributed by atoms with van der Waals surface area (Å²) in [4.78, 5) is 0. The fourth-order valence-corrected chi connectivity index (χ4v) is 1.45. The molecule has 2 nitrogen and oxygen atoms in total. The Hall–Kier alpha value is -0.860. The molecule has 0 saturated heterocycles. The van der Waals surface area contributed by atoms with Crippen LogP contribution in [0.5, 0.6) is 0 Å². The SMILES string of the molecule is Cc1cccc(CNCCCCN)c1. The second kappa shape index (κ2) is 6.57. The van der Waals surface area contributed by atoms with Crippen LogP contribution in [0.4, 0.5) is 0 Å². The largest absolute Gasteiger partial charge is 0.330 e. The van der Waals surface area contributed by atoms with Crippen LogP contribution in [0.25, 0.3) is 0 Å². The molecule has 0 aliphatic carbocycles. The van der Waals surface area contributed by atoms with Gasteiger partial charge < -0.3 is 11.1 Å². The summed E-state index contributed by atoms with van der Waals surface area (Å²) in [5.74, 6) is 0. The molecule has 3 N–H and O–H groups in total. The first-order chi connectivity index (χ1) is 6.83. The van der Waals surface area contributed by atoms with Crippen LogP contribution in [0, 0.1) is 6.92 Å². The van der Waals surface area contributed by atoms with Gasteiger partial charge in [-0.3, -0.25) is 0 Å². The van der Waals surface area contributed by atoms with Gasteiger partial charge in [-0.05, 0) is 38.4 Å². The van der Waals surface area contributed by atoms with E-state index in [1.165, 1.54) is 17.5 Å². The molecule has 1 rings (SSSR count). The maximum absolute atomic E-state index is 5.41. The Bertz CT molecular complexity index is 258. The Morgan fingerprint density at radius 1 is 1.29 bits per heavy atom. The van der Waals surface area contributed by atoms with Gasteiger partial charge in [-0.1, -0.05) is 29.8 Å². The molecule has 0 aromatic heterocycles. The first-order valence-corrected chi connectivity index (χ1v) is 5.29. The van der Waals surface area contributed by atoms with Gasteiger partial charge in [-0.2, -0.15) is 0 Å². The molecular weight excluding hydrogens is 172 g/mol. The van der Waals surface area contributed by atoms with Crippen molar-refractivity contribution in [1.82, 2.24) is 5.32 Å². The second-order valence-electron chi connectivity index (χ2n) is 3.66. The highest BCUT2D eigenvalue weighted by Gasteiger charge is 1.92. The van der Waals surface area contributed by atoms with Crippen molar-refractivity contribution in [3.63, 3.8) is 0 Å². The molecule has 78 valence electrons.